The number of rotatable bonds is 5. The third kappa shape index (κ3) is 3.51. The van der Waals surface area contributed by atoms with Gasteiger partial charge in [0.1, 0.15) is 12.7 Å². The molecule has 0 aliphatic carbocycles. The van der Waals surface area contributed by atoms with Crippen LogP contribution in [0, 0.1) is 0 Å². The molecule has 0 bridgehead atoms. The van der Waals surface area contributed by atoms with Gasteiger partial charge in [-0.1, -0.05) is 6.07 Å². The van der Waals surface area contributed by atoms with Crippen molar-refractivity contribution < 1.29 is 4.79 Å². The van der Waals surface area contributed by atoms with E-state index in [0.717, 1.165) is 5.56 Å². The van der Waals surface area contributed by atoms with Gasteiger partial charge in [0.2, 0.25) is 5.91 Å². The summed E-state index contributed by atoms with van der Waals surface area (Å²) in [5, 5.41) is 6.81. The van der Waals surface area contributed by atoms with Gasteiger partial charge >= 0.3 is 0 Å². The summed E-state index contributed by atoms with van der Waals surface area (Å²) in [6, 6.07) is 7.37. The van der Waals surface area contributed by atoms with Crippen molar-refractivity contribution in [2.45, 2.75) is 12.8 Å². The van der Waals surface area contributed by atoms with E-state index in [2.05, 4.69) is 25.4 Å². The molecule has 0 unspecified atom stereocenters. The number of pyridine rings is 2. The molecule has 22 heavy (non-hydrogen) atoms. The number of aromatic nitrogens is 5. The summed E-state index contributed by atoms with van der Waals surface area (Å²) in [6.45, 7) is 0. The lowest BCUT2D eigenvalue weighted by Gasteiger charge is -2.06. The fourth-order valence-corrected chi connectivity index (χ4v) is 1.95. The Balaban J connectivity index is 1.55. The molecular weight excluding hydrogens is 280 g/mol. The maximum absolute atomic E-state index is 11.9. The zero-order chi connectivity index (χ0) is 15.2. The second kappa shape index (κ2) is 6.57. The molecule has 3 rings (SSSR count). The minimum Gasteiger partial charge on any atom is -0.325 e. The predicted molar refractivity (Wildman–Crippen MR) is 80.3 cm³/mol. The Hall–Kier alpha value is -3.09. The highest BCUT2D eigenvalue weighted by Crippen LogP contribution is 2.09. The molecule has 0 aliphatic heterocycles. The third-order valence-electron chi connectivity index (χ3n) is 3.05. The van der Waals surface area contributed by atoms with E-state index in [0.29, 0.717) is 24.3 Å². The molecule has 0 fully saturated rings. The zero-order valence-corrected chi connectivity index (χ0v) is 11.8. The molecule has 0 spiro atoms. The Morgan fingerprint density at radius 1 is 1.18 bits per heavy atom. The van der Waals surface area contributed by atoms with Crippen LogP contribution in [0.5, 0.6) is 0 Å². The quantitative estimate of drug-likeness (QED) is 0.773. The van der Waals surface area contributed by atoms with Crippen LogP contribution in [0.2, 0.25) is 0 Å². The zero-order valence-electron chi connectivity index (χ0n) is 11.8. The first-order valence-corrected chi connectivity index (χ1v) is 6.81. The van der Waals surface area contributed by atoms with Gasteiger partial charge in [-0.3, -0.25) is 9.78 Å². The lowest BCUT2D eigenvalue weighted by atomic mass is 10.1. The lowest BCUT2D eigenvalue weighted by molar-refractivity contribution is -0.116. The largest absolute Gasteiger partial charge is 0.325 e. The van der Waals surface area contributed by atoms with Crippen LogP contribution < -0.4 is 5.32 Å². The number of nitrogens with zero attached hydrogens (tertiary/aromatic N) is 5. The topological polar surface area (TPSA) is 85.6 Å². The summed E-state index contributed by atoms with van der Waals surface area (Å²) >= 11 is 0. The van der Waals surface area contributed by atoms with Crippen molar-refractivity contribution in [1.82, 2.24) is 24.7 Å². The fourth-order valence-electron chi connectivity index (χ4n) is 1.95. The van der Waals surface area contributed by atoms with Crippen molar-refractivity contribution in [1.29, 1.82) is 0 Å². The molecule has 0 aromatic carbocycles. The normalized spacial score (nSPS) is 10.4. The molecule has 3 heterocycles. The molecule has 7 nitrogen and oxygen atoms in total. The van der Waals surface area contributed by atoms with Crippen molar-refractivity contribution in [3.63, 3.8) is 0 Å². The Labute approximate surface area is 127 Å². The van der Waals surface area contributed by atoms with Crippen LogP contribution in [0.25, 0.3) is 5.82 Å². The first kappa shape index (κ1) is 13.9. The number of carbonyl (C=O) groups excluding carboxylic acids is 1. The van der Waals surface area contributed by atoms with E-state index < -0.39 is 0 Å². The molecule has 7 heteroatoms. The number of hydrogen-bond donors (Lipinski definition) is 1. The molecule has 0 saturated heterocycles. The van der Waals surface area contributed by atoms with E-state index in [-0.39, 0.29) is 5.91 Å². The van der Waals surface area contributed by atoms with E-state index >= 15 is 0 Å². The van der Waals surface area contributed by atoms with Gasteiger partial charge in [-0.25, -0.2) is 14.6 Å². The fraction of sp³-hybridized carbons (Fsp3) is 0.133. The van der Waals surface area contributed by atoms with Crippen molar-refractivity contribution >= 4 is 11.6 Å². The summed E-state index contributed by atoms with van der Waals surface area (Å²) in [5.41, 5.74) is 1.69. The Kier molecular flexibility index (Phi) is 4.15. The molecule has 0 aliphatic rings. The van der Waals surface area contributed by atoms with E-state index in [9.17, 15) is 4.79 Å². The van der Waals surface area contributed by atoms with Crippen LogP contribution in [-0.4, -0.2) is 30.6 Å². The van der Waals surface area contributed by atoms with E-state index in [4.69, 9.17) is 0 Å². The van der Waals surface area contributed by atoms with Crippen LogP contribution in [0.4, 0.5) is 5.69 Å². The SMILES string of the molecule is O=C(CCc1cccnc1)Nc1ccc(-n2cncn2)nc1. The van der Waals surface area contributed by atoms with Crippen LogP contribution in [0.15, 0.2) is 55.5 Å². The standard InChI is InChI=1S/C15H14N6O/c22-15(6-3-12-2-1-7-16-8-12)20-13-4-5-14(18-9-13)21-11-17-10-19-21/h1-2,4-5,7-11H,3,6H2,(H,20,22). The highest BCUT2D eigenvalue weighted by atomic mass is 16.1. The lowest BCUT2D eigenvalue weighted by Crippen LogP contribution is -2.12. The van der Waals surface area contributed by atoms with Gasteiger partial charge < -0.3 is 5.32 Å². The summed E-state index contributed by atoms with van der Waals surface area (Å²) in [7, 11) is 0. The monoisotopic (exact) mass is 294 g/mol. The molecule has 0 radical (unpaired) electrons. The summed E-state index contributed by atoms with van der Waals surface area (Å²) in [4.78, 5) is 24.0. The molecule has 0 atom stereocenters. The molecular formula is C15H14N6O. The van der Waals surface area contributed by atoms with Crippen molar-refractivity contribution in [3.8, 4) is 5.82 Å². The van der Waals surface area contributed by atoms with Crippen LogP contribution in [0.1, 0.15) is 12.0 Å². The maximum atomic E-state index is 11.9. The average Bonchev–Trinajstić information content (AvgIpc) is 3.09. The highest BCUT2D eigenvalue weighted by molar-refractivity contribution is 5.90. The Morgan fingerprint density at radius 3 is 2.82 bits per heavy atom. The molecule has 3 aromatic heterocycles. The van der Waals surface area contributed by atoms with Crippen LogP contribution in [-0.2, 0) is 11.2 Å². The molecule has 1 N–H and O–H groups in total. The second-order valence-corrected chi connectivity index (χ2v) is 4.65. The Morgan fingerprint density at radius 2 is 2.14 bits per heavy atom. The number of anilines is 1. The van der Waals surface area contributed by atoms with Crippen molar-refractivity contribution in [2.75, 3.05) is 5.32 Å². The van der Waals surface area contributed by atoms with Gasteiger partial charge in [-0.15, -0.1) is 0 Å². The first-order chi connectivity index (χ1) is 10.8. The number of amides is 1. The van der Waals surface area contributed by atoms with E-state index in [1.54, 1.807) is 41.7 Å². The minimum atomic E-state index is -0.0563. The maximum Gasteiger partial charge on any atom is 0.224 e. The van der Waals surface area contributed by atoms with E-state index in [1.165, 1.54) is 6.33 Å². The summed E-state index contributed by atoms with van der Waals surface area (Å²) < 4.78 is 1.55. The molecule has 3 aromatic rings. The highest BCUT2D eigenvalue weighted by Gasteiger charge is 2.04. The van der Waals surface area contributed by atoms with Gasteiger partial charge in [0.25, 0.3) is 0 Å². The Bertz CT molecular complexity index is 724. The first-order valence-electron chi connectivity index (χ1n) is 6.81. The van der Waals surface area contributed by atoms with Gasteiger partial charge in [0.15, 0.2) is 5.82 Å². The average molecular weight is 294 g/mol. The van der Waals surface area contributed by atoms with Crippen molar-refractivity contribution in [3.05, 3.63) is 61.1 Å². The number of carbonyl (C=O) groups is 1. The number of hydrogen-bond acceptors (Lipinski definition) is 5. The van der Waals surface area contributed by atoms with Crippen LogP contribution >= 0.6 is 0 Å². The smallest absolute Gasteiger partial charge is 0.224 e. The summed E-state index contributed by atoms with van der Waals surface area (Å²) in [6.07, 6.45) is 9.14. The van der Waals surface area contributed by atoms with Gasteiger partial charge in [-0.05, 0) is 30.2 Å². The van der Waals surface area contributed by atoms with Gasteiger partial charge in [-0.2, -0.15) is 5.10 Å². The van der Waals surface area contributed by atoms with Crippen LogP contribution in [0.3, 0.4) is 0 Å². The number of aryl methyl sites for hydroxylation is 1. The second-order valence-electron chi connectivity index (χ2n) is 4.65. The molecule has 0 saturated carbocycles. The molecule has 110 valence electrons. The summed E-state index contributed by atoms with van der Waals surface area (Å²) in [5.74, 6) is 0.588. The molecule has 1 amide bonds. The van der Waals surface area contributed by atoms with Crippen molar-refractivity contribution in [2.24, 2.45) is 0 Å². The minimum absolute atomic E-state index is 0.0563. The van der Waals surface area contributed by atoms with Gasteiger partial charge in [0.05, 0.1) is 11.9 Å². The third-order valence-corrected chi connectivity index (χ3v) is 3.05. The van der Waals surface area contributed by atoms with E-state index in [1.807, 2.05) is 12.1 Å². The van der Waals surface area contributed by atoms with Gasteiger partial charge in [0, 0.05) is 18.8 Å². The predicted octanol–water partition coefficient (Wildman–Crippen LogP) is 1.63. The number of nitrogens with one attached hydrogen (secondary N) is 1.